The van der Waals surface area contributed by atoms with E-state index in [4.69, 9.17) is 11.5 Å². The van der Waals surface area contributed by atoms with Gasteiger partial charge < -0.3 is 21.7 Å². The first kappa shape index (κ1) is 23.5. The van der Waals surface area contributed by atoms with Crippen molar-refractivity contribution in [3.63, 3.8) is 0 Å². The molecule has 1 atom stereocenters. The molecule has 5 N–H and O–H groups in total. The van der Waals surface area contributed by atoms with Crippen molar-refractivity contribution in [3.8, 4) is 0 Å². The van der Waals surface area contributed by atoms with Gasteiger partial charge in [0.05, 0.1) is 17.4 Å². The normalized spacial score (nSPS) is 15.5. The van der Waals surface area contributed by atoms with Gasteiger partial charge in [-0.25, -0.2) is 0 Å². The summed E-state index contributed by atoms with van der Waals surface area (Å²) in [6.45, 7) is 3.51. The van der Waals surface area contributed by atoms with E-state index in [1.165, 1.54) is 0 Å². The number of carbonyl (C=O) groups excluding carboxylic acids is 2. The third kappa shape index (κ3) is 6.38. The van der Waals surface area contributed by atoms with Gasteiger partial charge in [-0.2, -0.15) is 0 Å². The van der Waals surface area contributed by atoms with Gasteiger partial charge in [0.15, 0.2) is 0 Å². The topological polar surface area (TPSA) is 101 Å². The number of primary amides is 1. The Morgan fingerprint density at radius 2 is 1.84 bits per heavy atom. The summed E-state index contributed by atoms with van der Waals surface area (Å²) in [5.74, 6) is -0.436. The van der Waals surface area contributed by atoms with Crippen LogP contribution in [0, 0.1) is 5.92 Å². The molecule has 1 aliphatic rings. The Morgan fingerprint density at radius 3 is 2.40 bits per heavy atom. The van der Waals surface area contributed by atoms with Gasteiger partial charge in [-0.1, -0.05) is 25.5 Å². The van der Waals surface area contributed by atoms with Crippen LogP contribution in [0.4, 0.5) is 11.4 Å². The van der Waals surface area contributed by atoms with E-state index in [2.05, 4.69) is 10.2 Å². The molecule has 0 aromatic heterocycles. The number of amides is 2. The van der Waals surface area contributed by atoms with Gasteiger partial charge >= 0.3 is 0 Å². The van der Waals surface area contributed by atoms with Crippen LogP contribution in [0.15, 0.2) is 24.3 Å². The second kappa shape index (κ2) is 11.2. The average Bonchev–Trinajstić information content (AvgIpc) is 2.55. The highest BCUT2D eigenvalue weighted by molar-refractivity contribution is 5.97. The maximum atomic E-state index is 12.2. The minimum Gasteiger partial charge on any atom is -0.370 e. The molecule has 142 valence electrons. The van der Waals surface area contributed by atoms with Crippen LogP contribution in [0.25, 0.3) is 0 Å². The zero-order valence-electron chi connectivity index (χ0n) is 14.4. The van der Waals surface area contributed by atoms with Crippen LogP contribution in [-0.4, -0.2) is 30.9 Å². The van der Waals surface area contributed by atoms with Crippen LogP contribution >= 0.6 is 24.8 Å². The van der Waals surface area contributed by atoms with Crippen molar-refractivity contribution in [2.45, 2.75) is 38.6 Å². The molecule has 0 spiro atoms. The number of para-hydroxylation sites is 2. The first-order valence-corrected chi connectivity index (χ1v) is 8.22. The number of rotatable bonds is 6. The SMILES string of the molecule is CCCC(N)C(=O)Nc1ccccc1N1CCC(C(N)=O)CC1.Cl.Cl. The van der Waals surface area contributed by atoms with Crippen molar-refractivity contribution in [3.05, 3.63) is 24.3 Å². The van der Waals surface area contributed by atoms with Gasteiger partial charge in [-0.3, -0.25) is 9.59 Å². The first-order chi connectivity index (χ1) is 11.0. The maximum Gasteiger partial charge on any atom is 0.241 e. The van der Waals surface area contributed by atoms with Crippen LogP contribution in [0.2, 0.25) is 0 Å². The second-order valence-corrected chi connectivity index (χ2v) is 6.07. The fourth-order valence-electron chi connectivity index (χ4n) is 2.93. The van der Waals surface area contributed by atoms with E-state index in [1.807, 2.05) is 31.2 Å². The minimum atomic E-state index is -0.492. The van der Waals surface area contributed by atoms with E-state index >= 15 is 0 Å². The van der Waals surface area contributed by atoms with E-state index in [0.717, 1.165) is 43.7 Å². The lowest BCUT2D eigenvalue weighted by Crippen LogP contribution is -2.39. The Kier molecular flexibility index (Phi) is 10.5. The molecule has 1 aromatic rings. The summed E-state index contributed by atoms with van der Waals surface area (Å²) < 4.78 is 0. The van der Waals surface area contributed by atoms with Crippen LogP contribution in [-0.2, 0) is 9.59 Å². The number of nitrogens with one attached hydrogen (secondary N) is 1. The summed E-state index contributed by atoms with van der Waals surface area (Å²) in [6, 6.07) is 7.20. The summed E-state index contributed by atoms with van der Waals surface area (Å²) in [5.41, 5.74) is 13.0. The zero-order valence-corrected chi connectivity index (χ0v) is 16.1. The van der Waals surface area contributed by atoms with Crippen LogP contribution in [0.3, 0.4) is 0 Å². The average molecular weight is 391 g/mol. The minimum absolute atomic E-state index is 0. The summed E-state index contributed by atoms with van der Waals surface area (Å²) in [6.07, 6.45) is 3.02. The first-order valence-electron chi connectivity index (χ1n) is 8.22. The van der Waals surface area contributed by atoms with E-state index in [9.17, 15) is 9.59 Å². The Hall–Kier alpha value is -1.50. The number of piperidine rings is 1. The second-order valence-electron chi connectivity index (χ2n) is 6.07. The molecule has 0 radical (unpaired) electrons. The number of benzene rings is 1. The molecule has 8 heteroatoms. The number of hydrogen-bond acceptors (Lipinski definition) is 4. The molecule has 0 saturated carbocycles. The number of nitrogens with zero attached hydrogens (tertiary/aromatic N) is 1. The van der Waals surface area contributed by atoms with Crippen molar-refractivity contribution < 1.29 is 9.59 Å². The summed E-state index contributed by atoms with van der Waals surface area (Å²) in [5, 5.41) is 2.93. The number of halogens is 2. The predicted molar refractivity (Wildman–Crippen MR) is 107 cm³/mol. The molecule has 1 aliphatic heterocycles. The number of anilines is 2. The Balaban J connectivity index is 0.00000288. The fourth-order valence-corrected chi connectivity index (χ4v) is 2.93. The van der Waals surface area contributed by atoms with Crippen LogP contribution in [0.1, 0.15) is 32.6 Å². The monoisotopic (exact) mass is 390 g/mol. The van der Waals surface area contributed by atoms with Crippen molar-refractivity contribution in [1.29, 1.82) is 0 Å². The van der Waals surface area contributed by atoms with Gasteiger partial charge in [0.1, 0.15) is 0 Å². The van der Waals surface area contributed by atoms with E-state index < -0.39 is 6.04 Å². The third-order valence-electron chi connectivity index (χ3n) is 4.34. The molecular formula is C17H28Cl2N4O2. The standard InChI is InChI=1S/C17H26N4O2.2ClH/c1-2-5-13(18)17(23)20-14-6-3-4-7-15(14)21-10-8-12(9-11-21)16(19)22;;/h3-4,6-7,12-13H,2,5,8-11,18H2,1H3,(H2,19,22)(H,20,23);2*1H. The largest absolute Gasteiger partial charge is 0.370 e. The molecule has 1 aromatic carbocycles. The fraction of sp³-hybridized carbons (Fsp3) is 0.529. The Labute approximate surface area is 161 Å². The highest BCUT2D eigenvalue weighted by Gasteiger charge is 2.25. The molecule has 1 heterocycles. The Morgan fingerprint density at radius 1 is 1.24 bits per heavy atom. The van der Waals surface area contributed by atoms with Gasteiger partial charge in [0, 0.05) is 19.0 Å². The van der Waals surface area contributed by atoms with E-state index in [1.54, 1.807) is 0 Å². The quantitative estimate of drug-likeness (QED) is 0.693. The van der Waals surface area contributed by atoms with Crippen molar-refractivity contribution in [2.24, 2.45) is 17.4 Å². The van der Waals surface area contributed by atoms with Gasteiger partial charge in [-0.15, -0.1) is 24.8 Å². The lowest BCUT2D eigenvalue weighted by Gasteiger charge is -2.33. The highest BCUT2D eigenvalue weighted by Crippen LogP contribution is 2.29. The van der Waals surface area contributed by atoms with Crippen molar-refractivity contribution in [1.82, 2.24) is 0 Å². The highest BCUT2D eigenvalue weighted by atomic mass is 35.5. The molecule has 1 unspecified atom stereocenters. The lowest BCUT2D eigenvalue weighted by atomic mass is 9.96. The molecule has 2 amide bonds. The number of carbonyl (C=O) groups is 2. The molecule has 1 fully saturated rings. The smallest absolute Gasteiger partial charge is 0.241 e. The van der Waals surface area contributed by atoms with E-state index in [-0.39, 0.29) is 42.5 Å². The lowest BCUT2D eigenvalue weighted by molar-refractivity contribution is -0.122. The van der Waals surface area contributed by atoms with Crippen LogP contribution in [0.5, 0.6) is 0 Å². The molecule has 0 bridgehead atoms. The Bertz CT molecular complexity index is 563. The summed E-state index contributed by atoms with van der Waals surface area (Å²) >= 11 is 0. The molecule has 2 rings (SSSR count). The van der Waals surface area contributed by atoms with Crippen molar-refractivity contribution >= 4 is 48.0 Å². The molecular weight excluding hydrogens is 363 g/mol. The molecule has 6 nitrogen and oxygen atoms in total. The van der Waals surface area contributed by atoms with Gasteiger partial charge in [0.25, 0.3) is 0 Å². The number of nitrogens with two attached hydrogens (primary N) is 2. The van der Waals surface area contributed by atoms with Gasteiger partial charge in [0.2, 0.25) is 11.8 Å². The molecule has 0 aliphatic carbocycles. The van der Waals surface area contributed by atoms with Crippen LogP contribution < -0.4 is 21.7 Å². The van der Waals surface area contributed by atoms with Crippen molar-refractivity contribution in [2.75, 3.05) is 23.3 Å². The maximum absolute atomic E-state index is 12.2. The molecule has 1 saturated heterocycles. The summed E-state index contributed by atoms with van der Waals surface area (Å²) in [4.78, 5) is 25.6. The predicted octanol–water partition coefficient (Wildman–Crippen LogP) is 2.30. The number of hydrogen-bond donors (Lipinski definition) is 3. The summed E-state index contributed by atoms with van der Waals surface area (Å²) in [7, 11) is 0. The zero-order chi connectivity index (χ0) is 16.8. The van der Waals surface area contributed by atoms with E-state index in [0.29, 0.717) is 6.42 Å². The third-order valence-corrected chi connectivity index (χ3v) is 4.34. The molecule has 25 heavy (non-hydrogen) atoms. The van der Waals surface area contributed by atoms with Gasteiger partial charge in [-0.05, 0) is 31.4 Å².